The number of aromatic nitrogens is 2. The summed E-state index contributed by atoms with van der Waals surface area (Å²) in [5.41, 5.74) is 2.59. The number of hydrogen-bond donors (Lipinski definition) is 3. The van der Waals surface area contributed by atoms with Gasteiger partial charge in [-0.2, -0.15) is 0 Å². The van der Waals surface area contributed by atoms with Crippen LogP contribution in [0, 0.1) is 17.0 Å². The second-order valence-electron chi connectivity index (χ2n) is 11.8. The van der Waals surface area contributed by atoms with Crippen molar-refractivity contribution in [2.75, 3.05) is 18.4 Å². The lowest BCUT2D eigenvalue weighted by molar-refractivity contribution is -0.118. The Labute approximate surface area is 230 Å². The van der Waals surface area contributed by atoms with Crippen LogP contribution in [0.3, 0.4) is 0 Å². The quantitative estimate of drug-likeness (QED) is 0.296. The summed E-state index contributed by atoms with van der Waals surface area (Å²) < 4.78 is 30.0. The van der Waals surface area contributed by atoms with Crippen LogP contribution in [-0.4, -0.2) is 40.6 Å². The van der Waals surface area contributed by atoms with Crippen molar-refractivity contribution in [3.05, 3.63) is 83.3 Å². The van der Waals surface area contributed by atoms with Crippen molar-refractivity contribution in [1.82, 2.24) is 20.2 Å². The maximum absolute atomic E-state index is 14.4. The molecule has 1 aliphatic rings. The standard InChI is InChI=1S/C31H41F2N5O/c1-5-9-27(36-24-13-12-22-14-23(32)15-26(33)25(22)16-24)30(39)37-29-18-38(20-35-29)28(17-34-19-31(2,3)4)21-10-7-6-8-11-21/h6-8,10-11,14-15,18,20,24,27-28,34,36H,5,9,12-13,16-17,19H2,1-4H3,(H,37,39)/t24?,27-,28+/m0/s1. The number of rotatable bonds is 11. The highest BCUT2D eigenvalue weighted by atomic mass is 19.1. The molecule has 0 spiro atoms. The van der Waals surface area contributed by atoms with E-state index < -0.39 is 17.7 Å². The lowest BCUT2D eigenvalue weighted by Gasteiger charge is -2.29. The van der Waals surface area contributed by atoms with E-state index in [0.717, 1.165) is 43.1 Å². The van der Waals surface area contributed by atoms with Gasteiger partial charge in [0.15, 0.2) is 5.82 Å². The van der Waals surface area contributed by atoms with Gasteiger partial charge in [0.05, 0.1) is 18.4 Å². The van der Waals surface area contributed by atoms with Crippen molar-refractivity contribution in [3.8, 4) is 0 Å². The summed E-state index contributed by atoms with van der Waals surface area (Å²) in [4.78, 5) is 17.8. The predicted octanol–water partition coefficient (Wildman–Crippen LogP) is 5.64. The molecule has 8 heteroatoms. The number of nitrogens with zero attached hydrogens (tertiary/aromatic N) is 2. The second kappa shape index (κ2) is 12.8. The molecule has 3 atom stereocenters. The van der Waals surface area contributed by atoms with Gasteiger partial charge in [-0.15, -0.1) is 0 Å². The van der Waals surface area contributed by atoms with Crippen LogP contribution in [-0.2, 0) is 17.6 Å². The van der Waals surface area contributed by atoms with Crippen LogP contribution in [0.5, 0.6) is 0 Å². The number of anilines is 1. The number of aryl methyl sites for hydroxylation is 1. The fourth-order valence-corrected chi connectivity index (χ4v) is 5.23. The highest BCUT2D eigenvalue weighted by Crippen LogP contribution is 2.26. The SMILES string of the molecule is CCC[C@H](NC1CCc2cc(F)cc(F)c2C1)C(=O)Nc1cn([C@H](CNCC(C)(C)C)c2ccccc2)cn1. The molecule has 6 nitrogen and oxygen atoms in total. The first-order valence-electron chi connectivity index (χ1n) is 14.0. The second-order valence-corrected chi connectivity index (χ2v) is 11.8. The predicted molar refractivity (Wildman–Crippen MR) is 152 cm³/mol. The van der Waals surface area contributed by atoms with Crippen molar-refractivity contribution in [2.45, 2.75) is 77.9 Å². The van der Waals surface area contributed by atoms with Crippen LogP contribution >= 0.6 is 0 Å². The van der Waals surface area contributed by atoms with Gasteiger partial charge in [0.25, 0.3) is 0 Å². The molecule has 1 heterocycles. The summed E-state index contributed by atoms with van der Waals surface area (Å²) in [6.07, 6.45) is 6.83. The van der Waals surface area contributed by atoms with Crippen molar-refractivity contribution < 1.29 is 13.6 Å². The van der Waals surface area contributed by atoms with E-state index in [4.69, 9.17) is 0 Å². The minimum Gasteiger partial charge on any atom is -0.326 e. The average Bonchev–Trinajstić information content (AvgIpc) is 3.34. The molecule has 0 saturated carbocycles. The van der Waals surface area contributed by atoms with E-state index in [2.05, 4.69) is 53.8 Å². The van der Waals surface area contributed by atoms with Crippen LogP contribution in [0.15, 0.2) is 55.0 Å². The van der Waals surface area contributed by atoms with Crippen LogP contribution in [0.25, 0.3) is 0 Å². The molecular weight excluding hydrogens is 496 g/mol. The molecule has 210 valence electrons. The van der Waals surface area contributed by atoms with Crippen molar-refractivity contribution in [3.63, 3.8) is 0 Å². The van der Waals surface area contributed by atoms with Crippen molar-refractivity contribution >= 4 is 11.7 Å². The maximum Gasteiger partial charge on any atom is 0.242 e. The van der Waals surface area contributed by atoms with Crippen LogP contribution in [0.2, 0.25) is 0 Å². The van der Waals surface area contributed by atoms with Gasteiger partial charge in [0, 0.05) is 31.4 Å². The molecule has 0 bridgehead atoms. The molecule has 1 unspecified atom stereocenters. The summed E-state index contributed by atoms with van der Waals surface area (Å²) in [7, 11) is 0. The van der Waals surface area contributed by atoms with Gasteiger partial charge in [0.1, 0.15) is 11.6 Å². The molecule has 3 N–H and O–H groups in total. The zero-order valence-corrected chi connectivity index (χ0v) is 23.4. The Morgan fingerprint density at radius 1 is 1.18 bits per heavy atom. The fraction of sp³-hybridized carbons (Fsp3) is 0.484. The Hall–Kier alpha value is -3.10. The molecule has 39 heavy (non-hydrogen) atoms. The Morgan fingerprint density at radius 3 is 2.67 bits per heavy atom. The third kappa shape index (κ3) is 7.96. The van der Waals surface area contributed by atoms with Crippen LogP contribution in [0.4, 0.5) is 14.6 Å². The maximum atomic E-state index is 14.4. The van der Waals surface area contributed by atoms with Gasteiger partial charge in [-0.05, 0) is 53.9 Å². The molecule has 4 rings (SSSR count). The molecule has 1 aromatic heterocycles. The number of carbonyl (C=O) groups excluding carboxylic acids is 1. The van der Waals surface area contributed by atoms with Gasteiger partial charge >= 0.3 is 0 Å². The van der Waals surface area contributed by atoms with Crippen LogP contribution in [0.1, 0.15) is 69.7 Å². The molecule has 3 aromatic rings. The van der Waals surface area contributed by atoms with E-state index in [1.54, 1.807) is 6.33 Å². The Morgan fingerprint density at radius 2 is 1.95 bits per heavy atom. The molecule has 0 aliphatic heterocycles. The molecular formula is C31H41F2N5O. The topological polar surface area (TPSA) is 71.0 Å². The van der Waals surface area contributed by atoms with E-state index in [1.165, 1.54) is 6.07 Å². The lowest BCUT2D eigenvalue weighted by Crippen LogP contribution is -2.48. The minimum absolute atomic E-state index is 0.0262. The van der Waals surface area contributed by atoms with Gasteiger partial charge < -0.3 is 20.5 Å². The van der Waals surface area contributed by atoms with E-state index in [-0.39, 0.29) is 23.4 Å². The number of halogens is 2. The van der Waals surface area contributed by atoms with Gasteiger partial charge in [-0.25, -0.2) is 13.8 Å². The van der Waals surface area contributed by atoms with Gasteiger partial charge in [-0.3, -0.25) is 4.79 Å². The summed E-state index contributed by atoms with van der Waals surface area (Å²) in [6.45, 7) is 10.2. The first kappa shape index (κ1) is 28.9. The summed E-state index contributed by atoms with van der Waals surface area (Å²) >= 11 is 0. The number of amides is 1. The number of hydrogen-bond acceptors (Lipinski definition) is 4. The molecule has 1 amide bonds. The monoisotopic (exact) mass is 537 g/mol. The highest BCUT2D eigenvalue weighted by Gasteiger charge is 2.27. The lowest BCUT2D eigenvalue weighted by atomic mass is 9.87. The normalized spacial score (nSPS) is 16.9. The molecule has 0 fully saturated rings. The number of nitrogens with one attached hydrogen (secondary N) is 3. The zero-order valence-electron chi connectivity index (χ0n) is 23.4. The van der Waals surface area contributed by atoms with Crippen molar-refractivity contribution in [2.24, 2.45) is 5.41 Å². The first-order valence-corrected chi connectivity index (χ1v) is 14.0. The number of benzene rings is 2. The smallest absolute Gasteiger partial charge is 0.242 e. The van der Waals surface area contributed by atoms with E-state index in [9.17, 15) is 13.6 Å². The minimum atomic E-state index is -0.542. The number of fused-ring (bicyclic) bond motifs is 1. The summed E-state index contributed by atoms with van der Waals surface area (Å²) in [5, 5.41) is 10.00. The fourth-order valence-electron chi connectivity index (χ4n) is 5.23. The van der Waals surface area contributed by atoms with E-state index in [1.807, 2.05) is 35.9 Å². The Balaban J connectivity index is 1.42. The molecule has 2 aromatic carbocycles. The highest BCUT2D eigenvalue weighted by molar-refractivity contribution is 5.94. The van der Waals surface area contributed by atoms with Gasteiger partial charge in [-0.1, -0.05) is 64.4 Å². The third-order valence-electron chi connectivity index (χ3n) is 7.19. The summed E-state index contributed by atoms with van der Waals surface area (Å²) in [6, 6.07) is 12.1. The van der Waals surface area contributed by atoms with Gasteiger partial charge in [0.2, 0.25) is 5.91 Å². The third-order valence-corrected chi connectivity index (χ3v) is 7.19. The number of imidazole rings is 1. The van der Waals surface area contributed by atoms with E-state index >= 15 is 0 Å². The van der Waals surface area contributed by atoms with E-state index in [0.29, 0.717) is 30.6 Å². The largest absolute Gasteiger partial charge is 0.326 e. The first-order chi connectivity index (χ1) is 18.6. The summed E-state index contributed by atoms with van der Waals surface area (Å²) in [5.74, 6) is -0.715. The van der Waals surface area contributed by atoms with Crippen molar-refractivity contribution in [1.29, 1.82) is 0 Å². The van der Waals surface area contributed by atoms with Crippen LogP contribution < -0.4 is 16.0 Å². The Kier molecular flexibility index (Phi) is 9.51. The Bertz CT molecular complexity index is 1240. The molecule has 0 saturated heterocycles. The zero-order chi connectivity index (χ0) is 28.0. The average molecular weight is 538 g/mol. The molecule has 0 radical (unpaired) electrons. The number of carbonyl (C=O) groups is 1. The molecule has 1 aliphatic carbocycles.